The Balaban J connectivity index is 1.90. The molecule has 1 saturated heterocycles. The maximum absolute atomic E-state index is 13.4. The van der Waals surface area contributed by atoms with Crippen LogP contribution in [0.25, 0.3) is 0 Å². The van der Waals surface area contributed by atoms with Crippen molar-refractivity contribution in [3.05, 3.63) is 62.9 Å². The van der Waals surface area contributed by atoms with Crippen LogP contribution >= 0.6 is 7.75 Å². The summed E-state index contributed by atoms with van der Waals surface area (Å²) in [6.45, 7) is 1.78. The number of nitrogens with one attached hydrogen (secondary N) is 2. The molecule has 1 unspecified atom stereocenters. The van der Waals surface area contributed by atoms with Crippen LogP contribution in [0.15, 0.2) is 46.1 Å². The van der Waals surface area contributed by atoms with Crippen LogP contribution in [0.2, 0.25) is 0 Å². The number of aliphatic carboxylic acids is 1. The summed E-state index contributed by atoms with van der Waals surface area (Å²) in [5, 5.41) is 32.7. The lowest BCUT2D eigenvalue weighted by molar-refractivity contribution is -0.138. The van der Waals surface area contributed by atoms with E-state index in [2.05, 4.69) is 11.0 Å². The van der Waals surface area contributed by atoms with Gasteiger partial charge in [0.1, 0.15) is 30.6 Å². The highest BCUT2D eigenvalue weighted by Crippen LogP contribution is 2.47. The molecule has 1 aromatic heterocycles. The first-order valence-corrected chi connectivity index (χ1v) is 11.8. The molecule has 1 aliphatic heterocycles. The average molecular weight is 509 g/mol. The molecule has 0 spiro atoms. The predicted molar refractivity (Wildman–Crippen MR) is 121 cm³/mol. The lowest BCUT2D eigenvalue weighted by Gasteiger charge is -2.29. The fourth-order valence-corrected chi connectivity index (χ4v) is 4.77. The van der Waals surface area contributed by atoms with Crippen LogP contribution in [0.4, 0.5) is 0 Å². The maximum atomic E-state index is 13.4. The zero-order valence-corrected chi connectivity index (χ0v) is 19.5. The highest BCUT2D eigenvalue weighted by molar-refractivity contribution is 7.52. The minimum Gasteiger partial charge on any atom is -0.480 e. The van der Waals surface area contributed by atoms with Gasteiger partial charge in [-0.25, -0.2) is 9.36 Å². The summed E-state index contributed by atoms with van der Waals surface area (Å²) in [5.41, 5.74) is -3.58. The Morgan fingerprint density at radius 2 is 2.03 bits per heavy atom. The molecule has 0 radical (unpaired) electrons. The van der Waals surface area contributed by atoms with Crippen molar-refractivity contribution < 1.29 is 38.5 Å². The van der Waals surface area contributed by atoms with Crippen LogP contribution in [0.1, 0.15) is 18.7 Å². The number of carbonyl (C=O) groups is 1. The number of benzene rings is 1. The Kier molecular flexibility index (Phi) is 7.66. The molecule has 188 valence electrons. The zero-order chi connectivity index (χ0) is 26.0. The molecule has 2 heterocycles. The maximum Gasteiger partial charge on any atom is 0.459 e. The van der Waals surface area contributed by atoms with Gasteiger partial charge in [-0.1, -0.05) is 24.1 Å². The monoisotopic (exact) mass is 509 g/mol. The minimum absolute atomic E-state index is 0.0803. The van der Waals surface area contributed by atoms with Crippen molar-refractivity contribution in [3.63, 3.8) is 0 Å². The molecule has 0 amide bonds. The second kappa shape index (κ2) is 10.2. The average Bonchev–Trinajstić information content (AvgIpc) is 3.06. The number of terminal acetylenes is 1. The number of hydrogen-bond acceptors (Lipinski definition) is 9. The van der Waals surface area contributed by atoms with Gasteiger partial charge in [-0.15, -0.1) is 6.42 Å². The lowest BCUT2D eigenvalue weighted by atomic mass is 9.97. The quantitative estimate of drug-likeness (QED) is 0.221. The van der Waals surface area contributed by atoms with E-state index in [4.69, 9.17) is 20.2 Å². The molecule has 14 heteroatoms. The van der Waals surface area contributed by atoms with Gasteiger partial charge in [0.2, 0.25) is 0 Å². The number of para-hydroxylation sites is 1. The Bertz CT molecular complexity index is 1290. The molecule has 5 N–H and O–H groups in total. The minimum atomic E-state index is -4.44. The molecule has 1 aliphatic rings. The van der Waals surface area contributed by atoms with Gasteiger partial charge in [-0.05, 0) is 26.0 Å². The number of nitrogens with zero attached hydrogens (tertiary/aromatic N) is 1. The first kappa shape index (κ1) is 26.4. The van der Waals surface area contributed by atoms with E-state index < -0.39 is 61.7 Å². The molecular formula is C21H24N3O10P. The zero-order valence-electron chi connectivity index (χ0n) is 18.7. The Hall–Kier alpha value is -3.24. The lowest BCUT2D eigenvalue weighted by Crippen LogP contribution is -2.46. The molecular weight excluding hydrogens is 485 g/mol. The highest BCUT2D eigenvalue weighted by atomic mass is 31.2. The Labute approximate surface area is 198 Å². The normalized spacial score (nSPS) is 26.4. The van der Waals surface area contributed by atoms with E-state index in [1.807, 2.05) is 4.98 Å². The summed E-state index contributed by atoms with van der Waals surface area (Å²) >= 11 is 0. The second-order valence-electron chi connectivity index (χ2n) is 7.82. The number of aromatic nitrogens is 2. The summed E-state index contributed by atoms with van der Waals surface area (Å²) in [5.74, 6) is 0.881. The summed E-state index contributed by atoms with van der Waals surface area (Å²) in [7, 11) is -4.44. The number of aliphatic hydroxyl groups excluding tert-OH is 2. The van der Waals surface area contributed by atoms with E-state index in [-0.39, 0.29) is 11.3 Å². The number of rotatable bonds is 9. The van der Waals surface area contributed by atoms with Crippen LogP contribution in [-0.4, -0.2) is 61.3 Å². The molecule has 1 fully saturated rings. The number of ether oxygens (including phenoxy) is 1. The fraction of sp³-hybridized carbons (Fsp3) is 0.381. The SMILES string of the molecule is C#C[C@]1(COP(=O)(N[C@@H](C)C(=O)O)Oc2ccccc2)O[C@@H](n2cc(C)c(=O)[nH]c2=O)[C@H](O)[C@@H]1O. The number of aryl methyl sites for hydroxylation is 1. The molecule has 2 aromatic rings. The molecule has 0 saturated carbocycles. The molecule has 6 atom stereocenters. The van der Waals surface area contributed by atoms with Gasteiger partial charge in [0.25, 0.3) is 5.56 Å². The second-order valence-corrected chi connectivity index (χ2v) is 9.51. The molecule has 0 aliphatic carbocycles. The van der Waals surface area contributed by atoms with E-state index in [0.29, 0.717) is 0 Å². The van der Waals surface area contributed by atoms with Gasteiger partial charge in [-0.3, -0.25) is 23.7 Å². The number of carboxylic acids is 1. The van der Waals surface area contributed by atoms with Crippen molar-refractivity contribution in [1.82, 2.24) is 14.6 Å². The van der Waals surface area contributed by atoms with E-state index in [9.17, 15) is 34.3 Å². The van der Waals surface area contributed by atoms with Crippen LogP contribution in [0.3, 0.4) is 0 Å². The van der Waals surface area contributed by atoms with Gasteiger partial charge >= 0.3 is 19.4 Å². The van der Waals surface area contributed by atoms with E-state index in [0.717, 1.165) is 10.8 Å². The number of H-pyrrole nitrogens is 1. The third kappa shape index (κ3) is 5.54. The number of carboxylic acid groups (broad SMARTS) is 1. The van der Waals surface area contributed by atoms with Gasteiger partial charge in [-0.2, -0.15) is 5.09 Å². The van der Waals surface area contributed by atoms with Crippen LogP contribution in [0.5, 0.6) is 5.75 Å². The van der Waals surface area contributed by atoms with Gasteiger partial charge in [0.05, 0.1) is 0 Å². The first-order valence-electron chi connectivity index (χ1n) is 10.2. The van der Waals surface area contributed by atoms with Crippen molar-refractivity contribution in [2.45, 2.75) is 43.9 Å². The third-order valence-electron chi connectivity index (χ3n) is 5.23. The van der Waals surface area contributed by atoms with E-state index in [1.54, 1.807) is 18.2 Å². The van der Waals surface area contributed by atoms with Crippen molar-refractivity contribution in [1.29, 1.82) is 0 Å². The van der Waals surface area contributed by atoms with Gasteiger partial charge in [0, 0.05) is 11.8 Å². The molecule has 3 rings (SSSR count). The Morgan fingerprint density at radius 3 is 2.63 bits per heavy atom. The summed E-state index contributed by atoms with van der Waals surface area (Å²) < 4.78 is 30.7. The highest BCUT2D eigenvalue weighted by Gasteiger charge is 2.56. The number of hydrogen-bond donors (Lipinski definition) is 5. The summed E-state index contributed by atoms with van der Waals surface area (Å²) in [6, 6.07) is 6.36. The van der Waals surface area contributed by atoms with Crippen LogP contribution in [0, 0.1) is 19.3 Å². The molecule has 0 bridgehead atoms. The largest absolute Gasteiger partial charge is 0.480 e. The molecule has 35 heavy (non-hydrogen) atoms. The topological polar surface area (TPSA) is 189 Å². The summed E-state index contributed by atoms with van der Waals surface area (Å²) in [4.78, 5) is 37.3. The predicted octanol–water partition coefficient (Wildman–Crippen LogP) is -0.266. The number of aromatic amines is 1. The number of aliphatic hydroxyl groups is 2. The van der Waals surface area contributed by atoms with Crippen molar-refractivity contribution in [2.75, 3.05) is 6.61 Å². The van der Waals surface area contributed by atoms with Gasteiger partial charge < -0.3 is 24.6 Å². The van der Waals surface area contributed by atoms with E-state index >= 15 is 0 Å². The van der Waals surface area contributed by atoms with Gasteiger partial charge in [0.15, 0.2) is 11.8 Å². The van der Waals surface area contributed by atoms with Crippen molar-refractivity contribution in [3.8, 4) is 18.1 Å². The third-order valence-corrected chi connectivity index (χ3v) is 6.85. The first-order chi connectivity index (χ1) is 16.4. The summed E-state index contributed by atoms with van der Waals surface area (Å²) in [6.07, 6.45) is 1.57. The van der Waals surface area contributed by atoms with E-state index in [1.165, 1.54) is 26.0 Å². The fourth-order valence-electron chi connectivity index (χ4n) is 3.25. The van der Waals surface area contributed by atoms with Crippen molar-refractivity contribution >= 4 is 13.7 Å². The molecule has 13 nitrogen and oxygen atoms in total. The smallest absolute Gasteiger partial charge is 0.459 e. The standard InChI is InChI=1S/C21H24N3O10P/c1-4-21(16(26)15(25)18(33-21)24-10-12(2)17(27)22-20(24)30)11-32-35(31,23-13(3)19(28)29)34-14-8-6-5-7-9-14/h1,5-10,13,15-16,18,25-26H,11H2,2-3H3,(H,23,31)(H,28,29)(H,22,27,30)/t13-,15+,16-,18+,21+,35?/m0/s1. The Morgan fingerprint density at radius 1 is 1.37 bits per heavy atom. The van der Waals surface area contributed by atoms with Crippen LogP contribution < -0.4 is 20.9 Å². The van der Waals surface area contributed by atoms with Crippen molar-refractivity contribution in [2.24, 2.45) is 0 Å². The molecule has 1 aromatic carbocycles. The van der Waals surface area contributed by atoms with Crippen LogP contribution in [-0.2, 0) is 18.6 Å².